The van der Waals surface area contributed by atoms with Crippen LogP contribution in [0, 0.1) is 6.92 Å². The summed E-state index contributed by atoms with van der Waals surface area (Å²) < 4.78 is 1.97. The number of aromatic nitrogens is 2. The first-order valence-corrected chi connectivity index (χ1v) is 7.65. The third kappa shape index (κ3) is 3.32. The molecule has 5 heteroatoms. The predicted molar refractivity (Wildman–Crippen MR) is 81.5 cm³/mol. The molecule has 0 aliphatic rings. The van der Waals surface area contributed by atoms with Gasteiger partial charge in [-0.15, -0.1) is 11.8 Å². The highest BCUT2D eigenvalue weighted by atomic mass is 35.5. The van der Waals surface area contributed by atoms with Crippen LogP contribution in [0.2, 0.25) is 5.02 Å². The predicted octanol–water partition coefficient (Wildman–Crippen LogP) is 3.62. The van der Waals surface area contributed by atoms with E-state index >= 15 is 0 Å². The summed E-state index contributed by atoms with van der Waals surface area (Å²) in [6.45, 7) is 5.43. The van der Waals surface area contributed by atoms with Crippen LogP contribution in [0.15, 0.2) is 29.2 Å². The van der Waals surface area contributed by atoms with Crippen molar-refractivity contribution in [1.29, 1.82) is 0 Å². The van der Waals surface area contributed by atoms with Crippen LogP contribution >= 0.6 is 23.4 Å². The average Bonchev–Trinajstić information content (AvgIpc) is 2.72. The lowest BCUT2D eigenvalue weighted by molar-refractivity contribution is 0.632. The fourth-order valence-electron chi connectivity index (χ4n) is 1.92. The number of benzene rings is 1. The maximum absolute atomic E-state index is 6.30. The maximum Gasteiger partial charge on any atom is 0.0855 e. The van der Waals surface area contributed by atoms with Crippen molar-refractivity contribution in [1.82, 2.24) is 9.78 Å². The number of thioether (sulfide) groups is 1. The van der Waals surface area contributed by atoms with E-state index in [0.717, 1.165) is 34.3 Å². The van der Waals surface area contributed by atoms with E-state index in [2.05, 4.69) is 24.2 Å². The van der Waals surface area contributed by atoms with E-state index in [-0.39, 0.29) is 0 Å². The minimum absolute atomic E-state index is 0.571. The van der Waals surface area contributed by atoms with E-state index in [1.165, 1.54) is 4.90 Å². The Hall–Kier alpha value is -0.970. The number of aryl methyl sites for hydroxylation is 2. The van der Waals surface area contributed by atoms with Crippen LogP contribution in [-0.2, 0) is 18.8 Å². The first-order valence-electron chi connectivity index (χ1n) is 6.29. The van der Waals surface area contributed by atoms with E-state index in [0.29, 0.717) is 6.54 Å². The van der Waals surface area contributed by atoms with Crippen LogP contribution in [0.5, 0.6) is 0 Å². The van der Waals surface area contributed by atoms with Crippen LogP contribution in [0.1, 0.15) is 23.9 Å². The SMILES string of the molecule is CCn1nc(C)c(Cl)c1CSc1cccc(CN)c1. The van der Waals surface area contributed by atoms with Gasteiger partial charge < -0.3 is 5.73 Å². The molecule has 1 aromatic carbocycles. The second-order valence-corrected chi connectivity index (χ2v) is 5.73. The minimum atomic E-state index is 0.571. The van der Waals surface area contributed by atoms with Gasteiger partial charge in [0.1, 0.15) is 0 Å². The van der Waals surface area contributed by atoms with Crippen LogP contribution in [0.3, 0.4) is 0 Å². The van der Waals surface area contributed by atoms with Gasteiger partial charge in [-0.1, -0.05) is 23.7 Å². The number of hydrogen-bond acceptors (Lipinski definition) is 3. The molecule has 0 saturated carbocycles. The monoisotopic (exact) mass is 295 g/mol. The topological polar surface area (TPSA) is 43.8 Å². The summed E-state index contributed by atoms with van der Waals surface area (Å²) >= 11 is 8.06. The van der Waals surface area contributed by atoms with E-state index < -0.39 is 0 Å². The molecule has 0 unspecified atom stereocenters. The van der Waals surface area contributed by atoms with Crippen molar-refractivity contribution in [3.63, 3.8) is 0 Å². The van der Waals surface area contributed by atoms with Crippen molar-refractivity contribution in [2.45, 2.75) is 37.6 Å². The molecule has 3 nitrogen and oxygen atoms in total. The van der Waals surface area contributed by atoms with Gasteiger partial charge in [0.05, 0.1) is 16.4 Å². The lowest BCUT2D eigenvalue weighted by atomic mass is 10.2. The number of rotatable bonds is 5. The lowest BCUT2D eigenvalue weighted by Gasteiger charge is -2.06. The third-order valence-electron chi connectivity index (χ3n) is 2.96. The van der Waals surface area contributed by atoms with Crippen LogP contribution in [0.25, 0.3) is 0 Å². The molecule has 2 aromatic rings. The molecule has 0 amide bonds. The zero-order chi connectivity index (χ0) is 13.8. The van der Waals surface area contributed by atoms with Gasteiger partial charge in [-0.3, -0.25) is 4.68 Å². The van der Waals surface area contributed by atoms with Crippen LogP contribution < -0.4 is 5.73 Å². The lowest BCUT2D eigenvalue weighted by Crippen LogP contribution is -2.01. The van der Waals surface area contributed by atoms with Gasteiger partial charge in [-0.05, 0) is 31.5 Å². The number of nitrogens with two attached hydrogens (primary N) is 1. The Morgan fingerprint density at radius 2 is 2.21 bits per heavy atom. The third-order valence-corrected chi connectivity index (χ3v) is 4.46. The van der Waals surface area contributed by atoms with Gasteiger partial charge in [0.15, 0.2) is 0 Å². The summed E-state index contributed by atoms with van der Waals surface area (Å²) in [6, 6.07) is 8.29. The first-order chi connectivity index (χ1) is 9.15. The van der Waals surface area contributed by atoms with Crippen molar-refractivity contribution in [3.05, 3.63) is 46.2 Å². The van der Waals surface area contributed by atoms with E-state index in [4.69, 9.17) is 17.3 Å². The zero-order valence-corrected chi connectivity index (χ0v) is 12.8. The molecule has 0 atom stereocenters. The van der Waals surface area contributed by atoms with Crippen molar-refractivity contribution in [2.24, 2.45) is 5.73 Å². The fourth-order valence-corrected chi connectivity index (χ4v) is 3.21. The van der Waals surface area contributed by atoms with Crippen molar-refractivity contribution in [3.8, 4) is 0 Å². The van der Waals surface area contributed by atoms with Crippen LogP contribution in [0.4, 0.5) is 0 Å². The molecule has 2 rings (SSSR count). The Balaban J connectivity index is 2.14. The van der Waals surface area contributed by atoms with E-state index in [1.807, 2.05) is 23.7 Å². The quantitative estimate of drug-likeness (QED) is 0.857. The molecule has 0 spiro atoms. The number of hydrogen-bond donors (Lipinski definition) is 1. The molecular formula is C14H18ClN3S. The maximum atomic E-state index is 6.30. The Morgan fingerprint density at radius 1 is 1.42 bits per heavy atom. The molecule has 1 aromatic heterocycles. The van der Waals surface area contributed by atoms with E-state index in [1.54, 1.807) is 11.8 Å². The van der Waals surface area contributed by atoms with Gasteiger partial charge in [-0.2, -0.15) is 5.10 Å². The molecule has 0 aliphatic heterocycles. The Labute approximate surface area is 123 Å². The Kier molecular flexibility index (Phi) is 4.91. The number of nitrogens with zero attached hydrogens (tertiary/aromatic N) is 2. The summed E-state index contributed by atoms with van der Waals surface area (Å²) in [5.41, 5.74) is 8.79. The molecule has 0 fully saturated rings. The summed E-state index contributed by atoms with van der Waals surface area (Å²) in [5.74, 6) is 0.821. The number of halogens is 1. The minimum Gasteiger partial charge on any atom is -0.326 e. The molecule has 0 bridgehead atoms. The van der Waals surface area contributed by atoms with Crippen molar-refractivity contribution in [2.75, 3.05) is 0 Å². The fraction of sp³-hybridized carbons (Fsp3) is 0.357. The zero-order valence-electron chi connectivity index (χ0n) is 11.2. The summed E-state index contributed by atoms with van der Waals surface area (Å²) in [7, 11) is 0. The highest BCUT2D eigenvalue weighted by Gasteiger charge is 2.12. The normalized spacial score (nSPS) is 10.9. The first kappa shape index (κ1) is 14.4. The Bertz CT molecular complexity index is 566. The summed E-state index contributed by atoms with van der Waals surface area (Å²) in [4.78, 5) is 1.21. The van der Waals surface area contributed by atoms with Gasteiger partial charge >= 0.3 is 0 Å². The van der Waals surface area contributed by atoms with Gasteiger partial charge in [0.2, 0.25) is 0 Å². The van der Waals surface area contributed by atoms with Crippen molar-refractivity contribution < 1.29 is 0 Å². The summed E-state index contributed by atoms with van der Waals surface area (Å²) in [5, 5.41) is 5.21. The Morgan fingerprint density at radius 3 is 2.89 bits per heavy atom. The molecular weight excluding hydrogens is 278 g/mol. The molecule has 19 heavy (non-hydrogen) atoms. The second-order valence-electron chi connectivity index (χ2n) is 4.30. The second kappa shape index (κ2) is 6.46. The molecule has 1 heterocycles. The largest absolute Gasteiger partial charge is 0.326 e. The van der Waals surface area contributed by atoms with Gasteiger partial charge in [0, 0.05) is 23.7 Å². The molecule has 0 saturated heterocycles. The van der Waals surface area contributed by atoms with Crippen molar-refractivity contribution >= 4 is 23.4 Å². The average molecular weight is 296 g/mol. The summed E-state index contributed by atoms with van der Waals surface area (Å²) in [6.07, 6.45) is 0. The molecule has 0 radical (unpaired) electrons. The van der Waals surface area contributed by atoms with Crippen LogP contribution in [-0.4, -0.2) is 9.78 Å². The molecule has 2 N–H and O–H groups in total. The highest BCUT2D eigenvalue weighted by Crippen LogP contribution is 2.29. The highest BCUT2D eigenvalue weighted by molar-refractivity contribution is 7.98. The standard InChI is InChI=1S/C14H18ClN3S/c1-3-18-13(14(15)10(2)17-18)9-19-12-6-4-5-11(7-12)8-16/h4-7H,3,8-9,16H2,1-2H3. The smallest absolute Gasteiger partial charge is 0.0855 e. The molecule has 0 aliphatic carbocycles. The molecule has 102 valence electrons. The van der Waals surface area contributed by atoms with Gasteiger partial charge in [0.25, 0.3) is 0 Å². The van der Waals surface area contributed by atoms with E-state index in [9.17, 15) is 0 Å². The van der Waals surface area contributed by atoms with Gasteiger partial charge in [-0.25, -0.2) is 0 Å².